The molecule has 1 aromatic carbocycles. The molecule has 0 saturated carbocycles. The summed E-state index contributed by atoms with van der Waals surface area (Å²) in [6.45, 7) is 0.0476. The monoisotopic (exact) mass is 276 g/mol. The summed E-state index contributed by atoms with van der Waals surface area (Å²) in [6.07, 6.45) is 1.51. The third-order valence-electron chi connectivity index (χ3n) is 2.44. The number of nitrogens with zero attached hydrogens (tertiary/aromatic N) is 1. The predicted molar refractivity (Wildman–Crippen MR) is 69.1 cm³/mol. The molecule has 104 valence electrons. The number of nitrogens with one attached hydrogen (secondary N) is 1. The molecule has 0 radical (unpaired) electrons. The van der Waals surface area contributed by atoms with E-state index >= 15 is 0 Å². The van der Waals surface area contributed by atoms with Gasteiger partial charge in [0.2, 0.25) is 0 Å². The second kappa shape index (κ2) is 6.37. The second-order valence-electron chi connectivity index (χ2n) is 3.90. The van der Waals surface area contributed by atoms with Crippen molar-refractivity contribution < 1.29 is 18.9 Å². The Bertz CT molecular complexity index is 595. The maximum absolute atomic E-state index is 11.5. The molecule has 0 spiro atoms. The van der Waals surface area contributed by atoms with Crippen LogP contribution in [0.15, 0.2) is 47.1 Å². The fourth-order valence-electron chi connectivity index (χ4n) is 1.49. The van der Waals surface area contributed by atoms with Gasteiger partial charge in [-0.1, -0.05) is 6.07 Å². The van der Waals surface area contributed by atoms with E-state index in [9.17, 15) is 14.9 Å². The number of rotatable bonds is 6. The van der Waals surface area contributed by atoms with Gasteiger partial charge in [-0.3, -0.25) is 14.9 Å². The van der Waals surface area contributed by atoms with Gasteiger partial charge in [0, 0.05) is 6.07 Å². The Hall–Kier alpha value is -2.83. The molecule has 1 N–H and O–H groups in total. The van der Waals surface area contributed by atoms with Crippen LogP contribution in [0, 0.1) is 10.1 Å². The summed E-state index contributed by atoms with van der Waals surface area (Å²) in [5, 5.41) is 13.2. The maximum Gasteiger partial charge on any atom is 0.273 e. The van der Waals surface area contributed by atoms with Crippen LogP contribution in [0.4, 0.5) is 5.69 Å². The van der Waals surface area contributed by atoms with E-state index in [0.717, 1.165) is 0 Å². The summed E-state index contributed by atoms with van der Waals surface area (Å²) in [5.74, 6) is 0.564. The maximum atomic E-state index is 11.5. The number of ether oxygens (including phenoxy) is 1. The van der Waals surface area contributed by atoms with Gasteiger partial charge in [-0.2, -0.15) is 0 Å². The lowest BCUT2D eigenvalue weighted by atomic mass is 10.3. The molecular weight excluding hydrogens is 264 g/mol. The zero-order chi connectivity index (χ0) is 14.4. The second-order valence-corrected chi connectivity index (χ2v) is 3.90. The lowest BCUT2D eigenvalue weighted by Crippen LogP contribution is -2.28. The van der Waals surface area contributed by atoms with E-state index < -0.39 is 4.92 Å². The van der Waals surface area contributed by atoms with Crippen molar-refractivity contribution in [2.75, 3.05) is 6.61 Å². The average molecular weight is 276 g/mol. The number of nitro benzene ring substituents is 1. The van der Waals surface area contributed by atoms with Crippen molar-refractivity contribution in [1.29, 1.82) is 0 Å². The summed E-state index contributed by atoms with van der Waals surface area (Å²) < 4.78 is 10.2. The predicted octanol–water partition coefficient (Wildman–Crippen LogP) is 1.88. The number of carbonyl (C=O) groups is 1. The van der Waals surface area contributed by atoms with Crippen molar-refractivity contribution in [2.24, 2.45) is 0 Å². The number of hydrogen-bond donors (Lipinski definition) is 1. The number of benzene rings is 1. The van der Waals surface area contributed by atoms with E-state index in [1.807, 2.05) is 0 Å². The van der Waals surface area contributed by atoms with Gasteiger partial charge < -0.3 is 14.5 Å². The van der Waals surface area contributed by atoms with Crippen molar-refractivity contribution >= 4 is 11.6 Å². The summed E-state index contributed by atoms with van der Waals surface area (Å²) in [7, 11) is 0. The van der Waals surface area contributed by atoms with Gasteiger partial charge in [0.1, 0.15) is 11.5 Å². The van der Waals surface area contributed by atoms with Gasteiger partial charge in [0.25, 0.3) is 11.6 Å². The first-order valence-corrected chi connectivity index (χ1v) is 5.81. The first kappa shape index (κ1) is 13.6. The molecule has 7 nitrogen and oxygen atoms in total. The van der Waals surface area contributed by atoms with Crippen LogP contribution >= 0.6 is 0 Å². The van der Waals surface area contributed by atoms with E-state index in [-0.39, 0.29) is 30.5 Å². The molecule has 0 aliphatic carbocycles. The van der Waals surface area contributed by atoms with Gasteiger partial charge in [-0.25, -0.2) is 0 Å². The highest BCUT2D eigenvalue weighted by Crippen LogP contribution is 2.18. The van der Waals surface area contributed by atoms with E-state index in [4.69, 9.17) is 9.15 Å². The molecule has 2 rings (SSSR count). The molecule has 0 aliphatic heterocycles. The lowest BCUT2D eigenvalue weighted by Gasteiger charge is -2.06. The van der Waals surface area contributed by atoms with Crippen molar-refractivity contribution in [3.8, 4) is 5.75 Å². The molecule has 1 amide bonds. The Morgan fingerprint density at radius 3 is 2.90 bits per heavy atom. The molecule has 0 saturated heterocycles. The number of amides is 1. The van der Waals surface area contributed by atoms with Gasteiger partial charge in [0.15, 0.2) is 6.61 Å². The molecule has 0 atom stereocenters. The number of non-ortho nitro benzene ring substituents is 1. The molecule has 20 heavy (non-hydrogen) atoms. The summed E-state index contributed by atoms with van der Waals surface area (Å²) >= 11 is 0. The molecule has 0 bridgehead atoms. The van der Waals surface area contributed by atoms with Crippen LogP contribution < -0.4 is 10.1 Å². The Balaban J connectivity index is 1.81. The average Bonchev–Trinajstić information content (AvgIpc) is 2.96. The van der Waals surface area contributed by atoms with Gasteiger partial charge in [-0.05, 0) is 18.2 Å². The van der Waals surface area contributed by atoms with Crippen LogP contribution in [0.3, 0.4) is 0 Å². The molecular formula is C13H12N2O5. The minimum absolute atomic E-state index is 0.0847. The van der Waals surface area contributed by atoms with Crippen molar-refractivity contribution in [3.63, 3.8) is 0 Å². The van der Waals surface area contributed by atoms with Gasteiger partial charge in [-0.15, -0.1) is 0 Å². The van der Waals surface area contributed by atoms with Gasteiger partial charge in [0.05, 0.1) is 23.8 Å². The molecule has 7 heteroatoms. The Labute approximate surface area is 114 Å². The van der Waals surface area contributed by atoms with Crippen LogP contribution in [-0.4, -0.2) is 17.4 Å². The third-order valence-corrected chi connectivity index (χ3v) is 2.44. The Morgan fingerprint density at radius 2 is 2.20 bits per heavy atom. The smallest absolute Gasteiger partial charge is 0.273 e. The Kier molecular flexibility index (Phi) is 4.33. The standard InChI is InChI=1S/C13H12N2O5/c16-13(14-8-12-5-2-6-19-12)9-20-11-4-1-3-10(7-11)15(17)18/h1-7H,8-9H2,(H,14,16). The van der Waals surface area contributed by atoms with E-state index in [2.05, 4.69) is 5.32 Å². The van der Waals surface area contributed by atoms with Crippen LogP contribution in [0.25, 0.3) is 0 Å². The zero-order valence-electron chi connectivity index (χ0n) is 10.4. The van der Waals surface area contributed by atoms with Crippen LogP contribution in [0.1, 0.15) is 5.76 Å². The zero-order valence-corrected chi connectivity index (χ0v) is 10.4. The highest BCUT2D eigenvalue weighted by Gasteiger charge is 2.08. The molecule has 0 aliphatic rings. The highest BCUT2D eigenvalue weighted by molar-refractivity contribution is 5.77. The fraction of sp³-hybridized carbons (Fsp3) is 0.154. The number of furan rings is 1. The van der Waals surface area contributed by atoms with E-state index in [0.29, 0.717) is 5.76 Å². The minimum atomic E-state index is -0.524. The van der Waals surface area contributed by atoms with Crippen LogP contribution in [0.5, 0.6) is 5.75 Å². The third kappa shape index (κ3) is 3.84. The fourth-order valence-corrected chi connectivity index (χ4v) is 1.49. The van der Waals surface area contributed by atoms with Crippen molar-refractivity contribution in [3.05, 3.63) is 58.5 Å². The van der Waals surface area contributed by atoms with Crippen LogP contribution in [0.2, 0.25) is 0 Å². The lowest BCUT2D eigenvalue weighted by molar-refractivity contribution is -0.384. The first-order valence-electron chi connectivity index (χ1n) is 5.81. The van der Waals surface area contributed by atoms with E-state index in [1.54, 1.807) is 18.2 Å². The number of hydrogen-bond acceptors (Lipinski definition) is 5. The highest BCUT2D eigenvalue weighted by atomic mass is 16.6. The topological polar surface area (TPSA) is 94.6 Å². The van der Waals surface area contributed by atoms with Crippen LogP contribution in [-0.2, 0) is 11.3 Å². The molecule has 1 heterocycles. The van der Waals surface area contributed by atoms with E-state index in [1.165, 1.54) is 24.5 Å². The summed E-state index contributed by atoms with van der Waals surface area (Å²) in [5.41, 5.74) is -0.0847. The summed E-state index contributed by atoms with van der Waals surface area (Å²) in [6, 6.07) is 9.12. The first-order chi connectivity index (χ1) is 9.65. The molecule has 0 unspecified atom stereocenters. The molecule has 0 fully saturated rings. The number of nitro groups is 1. The largest absolute Gasteiger partial charge is 0.484 e. The SMILES string of the molecule is O=C(COc1cccc([N+](=O)[O-])c1)NCc1ccco1. The Morgan fingerprint density at radius 1 is 1.35 bits per heavy atom. The molecule has 2 aromatic rings. The minimum Gasteiger partial charge on any atom is -0.484 e. The molecule has 1 aromatic heterocycles. The quantitative estimate of drug-likeness (QED) is 0.642. The van der Waals surface area contributed by atoms with Crippen molar-refractivity contribution in [2.45, 2.75) is 6.54 Å². The summed E-state index contributed by atoms with van der Waals surface area (Å²) in [4.78, 5) is 21.6. The van der Waals surface area contributed by atoms with Crippen molar-refractivity contribution in [1.82, 2.24) is 5.32 Å². The normalized spacial score (nSPS) is 10.0. The van der Waals surface area contributed by atoms with Gasteiger partial charge >= 0.3 is 0 Å². The number of carbonyl (C=O) groups excluding carboxylic acids is 1.